The van der Waals surface area contributed by atoms with Crippen molar-refractivity contribution in [3.63, 3.8) is 0 Å². The van der Waals surface area contributed by atoms with Crippen LogP contribution in [0.25, 0.3) is 5.57 Å². The molecule has 1 saturated carbocycles. The molecule has 1 aromatic rings. The van der Waals surface area contributed by atoms with Crippen molar-refractivity contribution in [1.29, 1.82) is 0 Å². The lowest BCUT2D eigenvalue weighted by Gasteiger charge is -2.37. The van der Waals surface area contributed by atoms with Gasteiger partial charge < -0.3 is 0 Å². The van der Waals surface area contributed by atoms with Crippen molar-refractivity contribution in [3.8, 4) is 0 Å². The molecule has 2 rings (SSSR count). The van der Waals surface area contributed by atoms with Crippen molar-refractivity contribution in [3.05, 3.63) is 89.6 Å². The first kappa shape index (κ1) is 52.6. The highest BCUT2D eigenvalue weighted by Gasteiger charge is 2.28. The fourth-order valence-electron chi connectivity index (χ4n) is 3.63. The molecule has 0 radical (unpaired) electrons. The van der Waals surface area contributed by atoms with E-state index in [0.717, 1.165) is 17.4 Å². The molecule has 0 nitrogen and oxygen atoms in total. The van der Waals surface area contributed by atoms with Crippen LogP contribution in [-0.2, 0) is 0 Å². The third kappa shape index (κ3) is 26.8. The molecule has 1 aliphatic rings. The van der Waals surface area contributed by atoms with Crippen molar-refractivity contribution in [2.45, 2.75) is 170 Å². The van der Waals surface area contributed by atoms with E-state index in [1.807, 2.05) is 89.2 Å². The van der Waals surface area contributed by atoms with Crippen LogP contribution < -0.4 is 0 Å². The van der Waals surface area contributed by atoms with Gasteiger partial charge in [0.2, 0.25) is 0 Å². The Labute approximate surface area is 269 Å². The lowest BCUT2D eigenvalue weighted by Crippen LogP contribution is -2.23. The summed E-state index contributed by atoms with van der Waals surface area (Å²) in [6, 6.07) is 8.77. The maximum absolute atomic E-state index is 3.92. The zero-order valence-electron chi connectivity index (χ0n) is 32.6. The number of benzene rings is 1. The van der Waals surface area contributed by atoms with Gasteiger partial charge in [-0.05, 0) is 86.1 Å². The monoisotopic (exact) mass is 585 g/mol. The summed E-state index contributed by atoms with van der Waals surface area (Å²) in [5, 5.41) is 0. The van der Waals surface area contributed by atoms with Gasteiger partial charge in [-0.15, -0.1) is 0 Å². The third-order valence-electron chi connectivity index (χ3n) is 6.56. The van der Waals surface area contributed by atoms with Crippen LogP contribution in [0.4, 0.5) is 0 Å². The van der Waals surface area contributed by atoms with Gasteiger partial charge in [-0.3, -0.25) is 0 Å². The molecular formula is C42H80. The molecule has 0 atom stereocenters. The highest BCUT2D eigenvalue weighted by Crippen LogP contribution is 2.42. The summed E-state index contributed by atoms with van der Waals surface area (Å²) < 4.78 is 0. The van der Waals surface area contributed by atoms with E-state index in [2.05, 4.69) is 104 Å². The minimum absolute atomic E-state index is 0.615. The second-order valence-electron chi connectivity index (χ2n) is 9.52. The molecule has 0 N–H and O–H groups in total. The van der Waals surface area contributed by atoms with Crippen LogP contribution in [0.3, 0.4) is 0 Å². The maximum atomic E-state index is 3.92. The zero-order valence-corrected chi connectivity index (χ0v) is 32.6. The first-order valence-corrected chi connectivity index (χ1v) is 17.5. The fraction of sp³-hybridized carbons (Fsp3) is 0.619. The third-order valence-corrected chi connectivity index (χ3v) is 6.56. The van der Waals surface area contributed by atoms with Crippen molar-refractivity contribution in [2.75, 3.05) is 0 Å². The van der Waals surface area contributed by atoms with E-state index in [1.165, 1.54) is 53.5 Å². The van der Waals surface area contributed by atoms with Gasteiger partial charge in [0.1, 0.15) is 0 Å². The summed E-state index contributed by atoms with van der Waals surface area (Å²) in [6.45, 7) is 47.2. The molecule has 42 heavy (non-hydrogen) atoms. The van der Waals surface area contributed by atoms with Crippen molar-refractivity contribution >= 4 is 5.57 Å². The molecule has 1 aromatic carbocycles. The lowest BCUT2D eigenvalue weighted by atomic mass is 9.69. The smallest absolute Gasteiger partial charge is 0.0207 e. The van der Waals surface area contributed by atoms with Crippen LogP contribution in [0.15, 0.2) is 78.4 Å². The Morgan fingerprint density at radius 1 is 0.857 bits per heavy atom. The number of hydrogen-bond donors (Lipinski definition) is 0. The van der Waals surface area contributed by atoms with Gasteiger partial charge in [0, 0.05) is 0 Å². The lowest BCUT2D eigenvalue weighted by molar-refractivity contribution is 0.155. The normalized spacial score (nSPS) is 12.6. The van der Waals surface area contributed by atoms with Crippen LogP contribution in [0.5, 0.6) is 0 Å². The minimum atomic E-state index is 0.615. The van der Waals surface area contributed by atoms with E-state index in [4.69, 9.17) is 0 Å². The molecule has 0 amide bonds. The van der Waals surface area contributed by atoms with Gasteiger partial charge in [-0.2, -0.15) is 0 Å². The molecule has 1 aliphatic carbocycles. The van der Waals surface area contributed by atoms with Crippen molar-refractivity contribution in [2.24, 2.45) is 5.41 Å². The Balaban J connectivity index is -0.000000103. The van der Waals surface area contributed by atoms with E-state index < -0.39 is 0 Å². The Morgan fingerprint density at radius 2 is 1.33 bits per heavy atom. The predicted molar refractivity (Wildman–Crippen MR) is 206 cm³/mol. The Morgan fingerprint density at radius 3 is 1.57 bits per heavy atom. The second-order valence-corrected chi connectivity index (χ2v) is 9.52. The van der Waals surface area contributed by atoms with E-state index >= 15 is 0 Å². The summed E-state index contributed by atoms with van der Waals surface area (Å²) in [5.41, 5.74) is 8.35. The second kappa shape index (κ2) is 38.9. The van der Waals surface area contributed by atoms with Crippen LogP contribution in [-0.4, -0.2) is 0 Å². The van der Waals surface area contributed by atoms with E-state index in [9.17, 15) is 0 Å². The standard InChI is InChI=1S/C13H18.C12H18.C7H14.5C2H6/c1-5-11(4)13-8-6-7-12(9-13)10(2)3;1-6-9-11(7-2)12(8-3)10(4)5;1-3-7(2)5-4-6-7;5*1-2/h5-10H,1-4H3;7-9H,2,4,6H2,1,3,5H3;3-6H2,1-2H3;5*1-2H3/b11-5+;11-9+,12-8+;;;;;;. The fourth-order valence-corrected chi connectivity index (χ4v) is 3.63. The molecule has 0 saturated heterocycles. The number of allylic oxidation sites excluding steroid dienone is 8. The Kier molecular flexibility index (Phi) is 48.7. The molecule has 1 fully saturated rings. The molecule has 0 spiro atoms. The average Bonchev–Trinajstić information content (AvgIpc) is 3.04. The molecule has 248 valence electrons. The summed E-state index contributed by atoms with van der Waals surface area (Å²) in [5.74, 6) is 0.615. The van der Waals surface area contributed by atoms with Crippen LogP contribution in [0, 0.1) is 5.41 Å². The molecule has 0 heteroatoms. The van der Waals surface area contributed by atoms with Gasteiger partial charge in [0.25, 0.3) is 0 Å². The van der Waals surface area contributed by atoms with Gasteiger partial charge in [-0.1, -0.05) is 184 Å². The quantitative estimate of drug-likeness (QED) is 0.280. The van der Waals surface area contributed by atoms with Crippen LogP contribution in [0.1, 0.15) is 181 Å². The summed E-state index contributed by atoms with van der Waals surface area (Å²) >= 11 is 0. The summed E-state index contributed by atoms with van der Waals surface area (Å²) in [7, 11) is 0. The largest absolute Gasteiger partial charge is 0.0985 e. The molecule has 0 aliphatic heterocycles. The summed E-state index contributed by atoms with van der Waals surface area (Å²) in [4.78, 5) is 0. The van der Waals surface area contributed by atoms with Gasteiger partial charge >= 0.3 is 0 Å². The topological polar surface area (TPSA) is 0 Å². The summed E-state index contributed by atoms with van der Waals surface area (Å²) in [6.07, 6.45) is 15.1. The number of rotatable bonds is 7. The SMILES string of the molecule is C/C=C(\C)c1cccc(C(C)C)c1.C=CC(=C\CC)/C(=C/C)C(=C)C.CC.CC.CC.CC.CC.CCC1(C)CCC1. The minimum Gasteiger partial charge on any atom is -0.0985 e. The highest BCUT2D eigenvalue weighted by molar-refractivity contribution is 5.63. The Hall–Kier alpha value is -2.08. The molecule has 0 aromatic heterocycles. The first-order chi connectivity index (χ1) is 20.1. The van der Waals surface area contributed by atoms with Crippen molar-refractivity contribution < 1.29 is 0 Å². The first-order valence-electron chi connectivity index (χ1n) is 17.5. The van der Waals surface area contributed by atoms with E-state index in [1.54, 1.807) is 0 Å². The van der Waals surface area contributed by atoms with E-state index in [0.29, 0.717) is 5.92 Å². The van der Waals surface area contributed by atoms with Gasteiger partial charge in [0.05, 0.1) is 0 Å². The number of hydrogen-bond acceptors (Lipinski definition) is 0. The average molecular weight is 585 g/mol. The van der Waals surface area contributed by atoms with Gasteiger partial charge in [-0.25, -0.2) is 0 Å². The predicted octanol–water partition coefficient (Wildman–Crippen LogP) is 16.0. The van der Waals surface area contributed by atoms with Gasteiger partial charge in [0.15, 0.2) is 0 Å². The highest BCUT2D eigenvalue weighted by atomic mass is 14.3. The Bertz CT molecular complexity index is 786. The molecule has 0 bridgehead atoms. The van der Waals surface area contributed by atoms with E-state index in [-0.39, 0.29) is 0 Å². The maximum Gasteiger partial charge on any atom is -0.0207 e. The van der Waals surface area contributed by atoms with Crippen LogP contribution >= 0.6 is 0 Å². The van der Waals surface area contributed by atoms with Crippen molar-refractivity contribution in [1.82, 2.24) is 0 Å². The zero-order chi connectivity index (χ0) is 34.7. The van der Waals surface area contributed by atoms with Crippen LogP contribution in [0.2, 0.25) is 0 Å². The molecular weight excluding hydrogens is 504 g/mol. The molecule has 0 heterocycles. The molecule has 0 unspecified atom stereocenters.